The highest BCUT2D eigenvalue weighted by molar-refractivity contribution is 6.04. The fraction of sp³-hybridized carbons (Fsp3) is 0.278. The van der Waals surface area contributed by atoms with Crippen LogP contribution in [0.15, 0.2) is 48.5 Å². The molecule has 0 radical (unpaired) electrons. The van der Waals surface area contributed by atoms with Gasteiger partial charge < -0.3 is 15.7 Å². The van der Waals surface area contributed by atoms with E-state index in [9.17, 15) is 19.3 Å². The first-order valence-electron chi connectivity index (χ1n) is 8.15. The number of rotatable bonds is 6. The Bertz CT molecular complexity index is 766. The summed E-state index contributed by atoms with van der Waals surface area (Å²) in [5.74, 6) is -1.01. The van der Waals surface area contributed by atoms with Crippen LogP contribution in [-0.4, -0.2) is 35.1 Å². The zero-order chi connectivity index (χ0) is 18.9. The lowest BCUT2D eigenvalue weighted by Crippen LogP contribution is -2.19. The van der Waals surface area contributed by atoms with Crippen molar-refractivity contribution in [2.24, 2.45) is 0 Å². The maximum absolute atomic E-state index is 12.9. The predicted octanol–water partition coefficient (Wildman–Crippen LogP) is 2.72. The number of nitrogens with zero attached hydrogens (tertiary/aromatic N) is 1. The number of nitro benzene ring substituents is 1. The topological polar surface area (TPSA) is 104 Å². The molecular weight excluding hydrogens is 341 g/mol. The summed E-state index contributed by atoms with van der Waals surface area (Å²) >= 11 is 0. The molecule has 3 N–H and O–H groups in total. The van der Waals surface area contributed by atoms with Crippen molar-refractivity contribution >= 4 is 17.3 Å². The number of carbonyl (C=O) groups excluding carboxylic acids is 1. The van der Waals surface area contributed by atoms with Crippen molar-refractivity contribution in [3.8, 4) is 0 Å². The maximum atomic E-state index is 12.9. The Kier molecular flexibility index (Phi) is 7.19. The Labute approximate surface area is 150 Å². The lowest BCUT2D eigenvalue weighted by atomic mass is 10.2. The molecule has 8 heteroatoms. The van der Waals surface area contributed by atoms with Gasteiger partial charge in [-0.05, 0) is 37.1 Å². The van der Waals surface area contributed by atoms with E-state index in [0.717, 1.165) is 24.7 Å². The highest BCUT2D eigenvalue weighted by atomic mass is 19.1. The number of non-ortho nitro benzene ring substituents is 1. The molecule has 2 aromatic carbocycles. The van der Waals surface area contributed by atoms with Crippen LogP contribution in [0, 0.1) is 15.9 Å². The van der Waals surface area contributed by atoms with Crippen LogP contribution in [0.1, 0.15) is 23.2 Å². The number of hydrogen-bond donors (Lipinski definition) is 3. The van der Waals surface area contributed by atoms with E-state index >= 15 is 0 Å². The van der Waals surface area contributed by atoms with Gasteiger partial charge in [0.2, 0.25) is 0 Å². The number of nitro groups is 1. The number of halogens is 1. The van der Waals surface area contributed by atoms with Gasteiger partial charge in [-0.2, -0.15) is 0 Å². The molecule has 0 unspecified atom stereocenters. The van der Waals surface area contributed by atoms with Gasteiger partial charge in [0.1, 0.15) is 5.82 Å². The molecular formula is C18H20FN3O4. The number of amides is 1. The number of nitrogens with one attached hydrogen (secondary N) is 2. The summed E-state index contributed by atoms with van der Waals surface area (Å²) in [5.41, 5.74) is 0.252. The third-order valence-corrected chi connectivity index (χ3v) is 3.52. The smallest absolute Gasteiger partial charge is 0.270 e. The van der Waals surface area contributed by atoms with Crippen LogP contribution in [0.3, 0.4) is 0 Å². The second-order valence-corrected chi connectivity index (χ2v) is 5.72. The standard InChI is InChI=1S/C13H9FN2O3.C5H11NO/c14-10-4-2-5-11(8-10)15-13(17)9-3-1-6-12(7-9)16(18)19;7-4-3-6-5-1-2-5/h1-8H,(H,15,17);5-7H,1-4H2. The Morgan fingerprint density at radius 1 is 1.23 bits per heavy atom. The fourth-order valence-electron chi connectivity index (χ4n) is 2.09. The van der Waals surface area contributed by atoms with Crippen LogP contribution in [0.2, 0.25) is 0 Å². The minimum Gasteiger partial charge on any atom is -0.395 e. The molecule has 2 aromatic rings. The van der Waals surface area contributed by atoms with Gasteiger partial charge in [0.25, 0.3) is 11.6 Å². The molecule has 3 rings (SSSR count). The summed E-state index contributed by atoms with van der Waals surface area (Å²) in [6.07, 6.45) is 2.61. The first-order chi connectivity index (χ1) is 12.5. The van der Waals surface area contributed by atoms with E-state index in [1.165, 1.54) is 49.2 Å². The molecule has 0 spiro atoms. The van der Waals surface area contributed by atoms with Gasteiger partial charge in [-0.15, -0.1) is 0 Å². The summed E-state index contributed by atoms with van der Waals surface area (Å²) in [6.45, 7) is 1.04. The van der Waals surface area contributed by atoms with Gasteiger partial charge in [-0.25, -0.2) is 4.39 Å². The summed E-state index contributed by atoms with van der Waals surface area (Å²) in [6, 6.07) is 11.5. The molecule has 1 saturated carbocycles. The zero-order valence-corrected chi connectivity index (χ0v) is 14.0. The largest absolute Gasteiger partial charge is 0.395 e. The predicted molar refractivity (Wildman–Crippen MR) is 95.6 cm³/mol. The quantitative estimate of drug-likeness (QED) is 0.542. The lowest BCUT2D eigenvalue weighted by Gasteiger charge is -2.05. The third-order valence-electron chi connectivity index (χ3n) is 3.52. The number of benzene rings is 2. The second-order valence-electron chi connectivity index (χ2n) is 5.72. The van der Waals surface area contributed by atoms with Crippen molar-refractivity contribution in [3.05, 3.63) is 70.0 Å². The van der Waals surface area contributed by atoms with Crippen molar-refractivity contribution in [2.45, 2.75) is 18.9 Å². The Balaban J connectivity index is 0.000000290. The monoisotopic (exact) mass is 361 g/mol. The number of aliphatic hydroxyl groups is 1. The normalized spacial score (nSPS) is 12.7. The van der Waals surface area contributed by atoms with Crippen molar-refractivity contribution in [2.75, 3.05) is 18.5 Å². The summed E-state index contributed by atoms with van der Waals surface area (Å²) < 4.78 is 12.9. The van der Waals surface area contributed by atoms with E-state index < -0.39 is 16.6 Å². The molecule has 1 aliphatic rings. The van der Waals surface area contributed by atoms with Crippen molar-refractivity contribution < 1.29 is 19.2 Å². The SMILES string of the molecule is O=C(Nc1cccc(F)c1)c1cccc([N+](=O)[O-])c1.OCCNC1CC1. The first-order valence-corrected chi connectivity index (χ1v) is 8.15. The summed E-state index contributed by atoms with van der Waals surface area (Å²) in [5, 5.41) is 24.5. The van der Waals surface area contributed by atoms with Crippen molar-refractivity contribution in [1.29, 1.82) is 0 Å². The molecule has 1 fully saturated rings. The lowest BCUT2D eigenvalue weighted by molar-refractivity contribution is -0.384. The molecule has 0 aromatic heterocycles. The molecule has 0 aliphatic heterocycles. The van der Waals surface area contributed by atoms with Crippen LogP contribution < -0.4 is 10.6 Å². The van der Waals surface area contributed by atoms with Gasteiger partial charge in [-0.3, -0.25) is 14.9 Å². The summed E-state index contributed by atoms with van der Waals surface area (Å²) in [7, 11) is 0. The van der Waals surface area contributed by atoms with Gasteiger partial charge >= 0.3 is 0 Å². The van der Waals surface area contributed by atoms with E-state index in [1.807, 2.05) is 0 Å². The molecule has 0 heterocycles. The molecule has 7 nitrogen and oxygen atoms in total. The zero-order valence-electron chi connectivity index (χ0n) is 14.0. The molecule has 0 bridgehead atoms. The summed E-state index contributed by atoms with van der Waals surface area (Å²) in [4.78, 5) is 21.9. The molecule has 0 atom stereocenters. The van der Waals surface area contributed by atoms with Crippen LogP contribution in [0.5, 0.6) is 0 Å². The average Bonchev–Trinajstić information content (AvgIpc) is 3.45. The first kappa shape index (κ1) is 19.5. The Morgan fingerprint density at radius 3 is 2.58 bits per heavy atom. The van der Waals surface area contributed by atoms with Crippen LogP contribution in [0.25, 0.3) is 0 Å². The molecule has 138 valence electrons. The number of anilines is 1. The van der Waals surface area contributed by atoms with Crippen LogP contribution >= 0.6 is 0 Å². The van der Waals surface area contributed by atoms with E-state index in [0.29, 0.717) is 0 Å². The van der Waals surface area contributed by atoms with E-state index in [2.05, 4.69) is 10.6 Å². The Hall–Kier alpha value is -2.84. The van der Waals surface area contributed by atoms with E-state index in [1.54, 1.807) is 0 Å². The van der Waals surface area contributed by atoms with Crippen LogP contribution in [0.4, 0.5) is 15.8 Å². The number of hydrogen-bond acceptors (Lipinski definition) is 5. The molecule has 0 saturated heterocycles. The van der Waals surface area contributed by atoms with Crippen molar-refractivity contribution in [1.82, 2.24) is 5.32 Å². The highest BCUT2D eigenvalue weighted by Gasteiger charge is 2.19. The van der Waals surface area contributed by atoms with Gasteiger partial charge in [0.05, 0.1) is 11.5 Å². The highest BCUT2D eigenvalue weighted by Crippen LogP contribution is 2.17. The minimum atomic E-state index is -0.584. The van der Waals surface area contributed by atoms with E-state index in [4.69, 9.17) is 5.11 Å². The molecule has 1 aliphatic carbocycles. The second kappa shape index (κ2) is 9.59. The number of aliphatic hydroxyl groups excluding tert-OH is 1. The van der Waals surface area contributed by atoms with Crippen molar-refractivity contribution in [3.63, 3.8) is 0 Å². The molecule has 1 amide bonds. The fourth-order valence-corrected chi connectivity index (χ4v) is 2.09. The molecule has 26 heavy (non-hydrogen) atoms. The van der Waals surface area contributed by atoms with Gasteiger partial charge in [-0.1, -0.05) is 12.1 Å². The minimum absolute atomic E-state index is 0.137. The Morgan fingerprint density at radius 2 is 1.96 bits per heavy atom. The van der Waals surface area contributed by atoms with Gasteiger partial charge in [0.15, 0.2) is 0 Å². The van der Waals surface area contributed by atoms with E-state index in [-0.39, 0.29) is 23.5 Å². The van der Waals surface area contributed by atoms with Crippen LogP contribution in [-0.2, 0) is 0 Å². The average molecular weight is 361 g/mol. The maximum Gasteiger partial charge on any atom is 0.270 e. The third kappa shape index (κ3) is 6.58. The van der Waals surface area contributed by atoms with Gasteiger partial charge in [0, 0.05) is 36.0 Å². The number of carbonyl (C=O) groups is 1.